The number of aryl methyl sites for hydroxylation is 2. The quantitative estimate of drug-likeness (QED) is 0.857. The molecule has 2 atom stereocenters. The number of hydrogen-bond donors (Lipinski definition) is 2. The normalized spacial score (nSPS) is 24.1. The molecular weight excluding hydrogens is 232 g/mol. The van der Waals surface area contributed by atoms with E-state index in [0.29, 0.717) is 18.9 Å². The topological polar surface area (TPSA) is 75.4 Å². The molecule has 0 saturated heterocycles. The van der Waals surface area contributed by atoms with Gasteiger partial charge in [-0.2, -0.15) is 0 Å². The van der Waals surface area contributed by atoms with Crippen molar-refractivity contribution in [1.29, 1.82) is 0 Å². The average molecular weight is 252 g/mol. The molecule has 0 radical (unpaired) electrons. The molecule has 1 heterocycles. The van der Waals surface area contributed by atoms with E-state index in [-0.39, 0.29) is 12.0 Å². The predicted molar refractivity (Wildman–Crippen MR) is 66.2 cm³/mol. The maximum absolute atomic E-state index is 11.0. The first-order chi connectivity index (χ1) is 8.56. The van der Waals surface area contributed by atoms with Gasteiger partial charge in [-0.05, 0) is 33.1 Å². The lowest BCUT2D eigenvalue weighted by molar-refractivity contribution is -0.143. The van der Waals surface area contributed by atoms with E-state index < -0.39 is 5.97 Å². The number of nitrogens with one attached hydrogen (secondary N) is 1. The van der Waals surface area contributed by atoms with E-state index in [9.17, 15) is 4.79 Å². The van der Waals surface area contributed by atoms with E-state index >= 15 is 0 Å². The molecule has 0 aromatic carbocycles. The van der Waals surface area contributed by atoms with Gasteiger partial charge in [-0.3, -0.25) is 4.79 Å². The molecule has 1 aliphatic carbocycles. The molecule has 2 rings (SSSR count). The second-order valence-corrected chi connectivity index (χ2v) is 5.03. The zero-order chi connectivity index (χ0) is 13.1. The van der Waals surface area contributed by atoms with Crippen molar-refractivity contribution >= 4 is 5.97 Å². The first kappa shape index (κ1) is 13.1. The Morgan fingerprint density at radius 2 is 2.28 bits per heavy atom. The number of carboxylic acid groups (broad SMARTS) is 1. The van der Waals surface area contributed by atoms with Crippen molar-refractivity contribution in [3.05, 3.63) is 17.3 Å². The zero-order valence-electron chi connectivity index (χ0n) is 10.9. The molecule has 1 saturated carbocycles. The van der Waals surface area contributed by atoms with Gasteiger partial charge in [0, 0.05) is 6.04 Å². The molecule has 0 amide bonds. The van der Waals surface area contributed by atoms with Crippen LogP contribution in [-0.2, 0) is 11.3 Å². The third-order valence-corrected chi connectivity index (χ3v) is 3.64. The van der Waals surface area contributed by atoms with E-state index in [1.165, 1.54) is 0 Å². The van der Waals surface area contributed by atoms with Gasteiger partial charge in [-0.1, -0.05) is 6.42 Å². The zero-order valence-corrected chi connectivity index (χ0v) is 10.9. The highest BCUT2D eigenvalue weighted by Gasteiger charge is 2.26. The number of carbonyl (C=O) groups is 1. The molecule has 0 aliphatic heterocycles. The number of aliphatic carboxylic acids is 1. The molecule has 1 aromatic rings. The molecule has 1 fully saturated rings. The Kier molecular flexibility index (Phi) is 4.01. The lowest BCUT2D eigenvalue weighted by atomic mass is 9.86. The van der Waals surface area contributed by atoms with Crippen LogP contribution in [-0.4, -0.2) is 22.1 Å². The minimum Gasteiger partial charge on any atom is -0.481 e. The van der Waals surface area contributed by atoms with E-state index in [1.54, 1.807) is 0 Å². The molecule has 100 valence electrons. The highest BCUT2D eigenvalue weighted by Crippen LogP contribution is 2.24. The molecule has 18 heavy (non-hydrogen) atoms. The summed E-state index contributed by atoms with van der Waals surface area (Å²) in [6.45, 7) is 4.39. The molecule has 5 heteroatoms. The van der Waals surface area contributed by atoms with Crippen molar-refractivity contribution in [2.24, 2.45) is 5.92 Å². The Morgan fingerprint density at radius 3 is 2.89 bits per heavy atom. The van der Waals surface area contributed by atoms with E-state index in [0.717, 1.165) is 30.7 Å². The van der Waals surface area contributed by atoms with Crippen molar-refractivity contribution in [2.45, 2.75) is 52.1 Å². The Bertz CT molecular complexity index is 408. The second-order valence-electron chi connectivity index (χ2n) is 5.03. The van der Waals surface area contributed by atoms with Crippen LogP contribution in [0.25, 0.3) is 0 Å². The Labute approximate surface area is 107 Å². The standard InChI is InChI=1S/C13H20N2O3/c1-8-9(2)18-12(15-8)7-14-11-5-3-4-10(6-11)13(16)17/h10-11,14H,3-7H2,1-2H3,(H,16,17). The highest BCUT2D eigenvalue weighted by molar-refractivity contribution is 5.70. The van der Waals surface area contributed by atoms with Gasteiger partial charge in [0.1, 0.15) is 5.76 Å². The fourth-order valence-electron chi connectivity index (χ4n) is 2.45. The van der Waals surface area contributed by atoms with Gasteiger partial charge in [-0.15, -0.1) is 0 Å². The van der Waals surface area contributed by atoms with Gasteiger partial charge in [-0.25, -0.2) is 4.98 Å². The van der Waals surface area contributed by atoms with Crippen LogP contribution in [0.1, 0.15) is 43.0 Å². The number of oxazole rings is 1. The summed E-state index contributed by atoms with van der Waals surface area (Å²) in [5.41, 5.74) is 0.916. The van der Waals surface area contributed by atoms with Crippen molar-refractivity contribution in [3.63, 3.8) is 0 Å². The van der Waals surface area contributed by atoms with Crippen LogP contribution in [0.2, 0.25) is 0 Å². The molecule has 0 bridgehead atoms. The van der Waals surface area contributed by atoms with Crippen LogP contribution < -0.4 is 5.32 Å². The van der Waals surface area contributed by atoms with Gasteiger partial charge < -0.3 is 14.8 Å². The fourth-order valence-corrected chi connectivity index (χ4v) is 2.45. The van der Waals surface area contributed by atoms with Crippen LogP contribution in [0.4, 0.5) is 0 Å². The largest absolute Gasteiger partial charge is 0.481 e. The SMILES string of the molecule is Cc1nc(CNC2CCCC(C(=O)O)C2)oc1C. The first-order valence-corrected chi connectivity index (χ1v) is 6.45. The van der Waals surface area contributed by atoms with Gasteiger partial charge in [0.25, 0.3) is 0 Å². The van der Waals surface area contributed by atoms with E-state index in [4.69, 9.17) is 9.52 Å². The molecule has 2 N–H and O–H groups in total. The third kappa shape index (κ3) is 3.10. The summed E-state index contributed by atoms with van der Waals surface area (Å²) in [4.78, 5) is 15.3. The number of hydrogen-bond acceptors (Lipinski definition) is 4. The van der Waals surface area contributed by atoms with Crippen LogP contribution in [0, 0.1) is 19.8 Å². The van der Waals surface area contributed by atoms with E-state index in [2.05, 4.69) is 10.3 Å². The van der Waals surface area contributed by atoms with Crippen LogP contribution in [0.15, 0.2) is 4.42 Å². The number of nitrogens with zero attached hydrogens (tertiary/aromatic N) is 1. The molecule has 2 unspecified atom stereocenters. The summed E-state index contributed by atoms with van der Waals surface area (Å²) in [6, 6.07) is 0.257. The smallest absolute Gasteiger partial charge is 0.306 e. The Balaban J connectivity index is 1.84. The van der Waals surface area contributed by atoms with Gasteiger partial charge in [0.2, 0.25) is 5.89 Å². The summed E-state index contributed by atoms with van der Waals surface area (Å²) < 4.78 is 5.49. The van der Waals surface area contributed by atoms with Crippen LogP contribution >= 0.6 is 0 Å². The van der Waals surface area contributed by atoms with Gasteiger partial charge >= 0.3 is 5.97 Å². The van der Waals surface area contributed by atoms with Gasteiger partial charge in [0.05, 0.1) is 18.2 Å². The number of aromatic nitrogens is 1. The fraction of sp³-hybridized carbons (Fsp3) is 0.692. The molecular formula is C13H20N2O3. The molecule has 5 nitrogen and oxygen atoms in total. The maximum atomic E-state index is 11.0. The molecule has 0 spiro atoms. The summed E-state index contributed by atoms with van der Waals surface area (Å²) in [5, 5.41) is 12.4. The van der Waals surface area contributed by atoms with Crippen molar-refractivity contribution < 1.29 is 14.3 Å². The lowest BCUT2D eigenvalue weighted by Crippen LogP contribution is -2.36. The Morgan fingerprint density at radius 1 is 1.50 bits per heavy atom. The summed E-state index contributed by atoms with van der Waals surface area (Å²) in [6.07, 6.45) is 3.50. The number of rotatable bonds is 4. The van der Waals surface area contributed by atoms with Crippen molar-refractivity contribution in [1.82, 2.24) is 10.3 Å². The number of carboxylic acids is 1. The highest BCUT2D eigenvalue weighted by atomic mass is 16.4. The molecule has 1 aliphatic rings. The minimum atomic E-state index is -0.677. The van der Waals surface area contributed by atoms with Crippen LogP contribution in [0.3, 0.4) is 0 Å². The summed E-state index contributed by atoms with van der Waals surface area (Å²) in [7, 11) is 0. The lowest BCUT2D eigenvalue weighted by Gasteiger charge is -2.27. The minimum absolute atomic E-state index is 0.204. The van der Waals surface area contributed by atoms with Gasteiger partial charge in [0.15, 0.2) is 0 Å². The van der Waals surface area contributed by atoms with Crippen molar-refractivity contribution in [3.8, 4) is 0 Å². The second kappa shape index (κ2) is 5.52. The predicted octanol–water partition coefficient (Wildman–Crippen LogP) is 2.02. The summed E-state index contributed by atoms with van der Waals surface area (Å²) >= 11 is 0. The Hall–Kier alpha value is -1.36. The average Bonchev–Trinajstić information content (AvgIpc) is 2.67. The monoisotopic (exact) mass is 252 g/mol. The summed E-state index contributed by atoms with van der Waals surface area (Å²) in [5.74, 6) is 0.648. The first-order valence-electron chi connectivity index (χ1n) is 6.45. The molecule has 1 aromatic heterocycles. The van der Waals surface area contributed by atoms with Crippen LogP contribution in [0.5, 0.6) is 0 Å². The third-order valence-electron chi connectivity index (χ3n) is 3.64. The van der Waals surface area contributed by atoms with Crippen molar-refractivity contribution in [2.75, 3.05) is 0 Å². The van der Waals surface area contributed by atoms with E-state index in [1.807, 2.05) is 13.8 Å². The maximum Gasteiger partial charge on any atom is 0.306 e.